The Bertz CT molecular complexity index is 520. The van der Waals surface area contributed by atoms with Gasteiger partial charge < -0.3 is 15.0 Å². The minimum atomic E-state index is -0.265. The van der Waals surface area contributed by atoms with E-state index in [4.69, 9.17) is 4.74 Å². The van der Waals surface area contributed by atoms with Gasteiger partial charge in [0.25, 0.3) is 0 Å². The number of carbonyl (C=O) groups is 1. The van der Waals surface area contributed by atoms with Crippen LogP contribution >= 0.6 is 0 Å². The summed E-state index contributed by atoms with van der Waals surface area (Å²) in [5.41, 5.74) is 2.02. The van der Waals surface area contributed by atoms with Gasteiger partial charge in [-0.15, -0.1) is 0 Å². The molecule has 3 atom stereocenters. The number of carbonyl (C=O) groups excluding carboxylic acids is 1. The van der Waals surface area contributed by atoms with Gasteiger partial charge in [-0.2, -0.15) is 0 Å². The zero-order valence-electron chi connectivity index (χ0n) is 14.3. The Kier molecular flexibility index (Phi) is 5.33. The van der Waals surface area contributed by atoms with Crippen molar-refractivity contribution in [3.8, 4) is 5.75 Å². The van der Waals surface area contributed by atoms with Gasteiger partial charge in [-0.3, -0.25) is 4.79 Å². The molecule has 0 unspecified atom stereocenters. The number of piperidine rings is 1. The molecule has 1 aliphatic rings. The van der Waals surface area contributed by atoms with Gasteiger partial charge >= 0.3 is 0 Å². The van der Waals surface area contributed by atoms with Gasteiger partial charge in [0, 0.05) is 12.1 Å². The number of benzene rings is 1. The predicted molar refractivity (Wildman–Crippen MR) is 90.4 cm³/mol. The maximum atomic E-state index is 12.8. The highest BCUT2D eigenvalue weighted by molar-refractivity contribution is 5.85. The highest BCUT2D eigenvalue weighted by atomic mass is 16.5. The fraction of sp³-hybridized carbons (Fsp3) is 0.611. The second kappa shape index (κ2) is 7.03. The lowest BCUT2D eigenvalue weighted by Gasteiger charge is -2.40. The summed E-state index contributed by atoms with van der Waals surface area (Å²) < 4.78 is 5.38. The van der Waals surface area contributed by atoms with Crippen molar-refractivity contribution in [2.24, 2.45) is 0 Å². The van der Waals surface area contributed by atoms with Crippen LogP contribution in [0.3, 0.4) is 0 Å². The first-order chi connectivity index (χ1) is 10.4. The zero-order chi connectivity index (χ0) is 16.3. The van der Waals surface area contributed by atoms with Crippen molar-refractivity contribution in [3.05, 3.63) is 23.8 Å². The van der Waals surface area contributed by atoms with Crippen LogP contribution in [0.5, 0.6) is 5.75 Å². The average Bonchev–Trinajstić information content (AvgIpc) is 2.47. The molecular weight excluding hydrogens is 276 g/mol. The molecule has 4 nitrogen and oxygen atoms in total. The Morgan fingerprint density at radius 2 is 1.95 bits per heavy atom. The number of ether oxygens (including phenoxy) is 1. The van der Waals surface area contributed by atoms with E-state index >= 15 is 0 Å². The summed E-state index contributed by atoms with van der Waals surface area (Å²) in [6, 6.07) is 6.33. The topological polar surface area (TPSA) is 41.6 Å². The second-order valence-corrected chi connectivity index (χ2v) is 6.44. The quantitative estimate of drug-likeness (QED) is 0.924. The number of aryl methyl sites for hydroxylation is 1. The summed E-state index contributed by atoms with van der Waals surface area (Å²) in [5.74, 6) is 0.938. The summed E-state index contributed by atoms with van der Waals surface area (Å²) in [7, 11) is 1.65. The molecule has 0 saturated carbocycles. The largest absolute Gasteiger partial charge is 0.495 e. The lowest BCUT2D eigenvalue weighted by molar-refractivity contribution is -0.137. The number of rotatable bonds is 4. The molecule has 1 N–H and O–H groups in total. The average molecular weight is 304 g/mol. The molecule has 0 aromatic heterocycles. The fourth-order valence-electron chi connectivity index (χ4n) is 3.31. The molecule has 0 radical (unpaired) electrons. The van der Waals surface area contributed by atoms with Crippen LogP contribution in [-0.2, 0) is 4.79 Å². The van der Waals surface area contributed by atoms with Crippen LogP contribution in [0.1, 0.15) is 45.6 Å². The van der Waals surface area contributed by atoms with Crippen molar-refractivity contribution in [2.45, 2.75) is 65.1 Å². The van der Waals surface area contributed by atoms with Crippen LogP contribution in [0.25, 0.3) is 0 Å². The van der Waals surface area contributed by atoms with E-state index in [1.165, 1.54) is 6.42 Å². The van der Waals surface area contributed by atoms with Gasteiger partial charge in [0.1, 0.15) is 11.8 Å². The summed E-state index contributed by atoms with van der Waals surface area (Å²) in [6.45, 7) is 8.26. The van der Waals surface area contributed by atoms with E-state index in [1.807, 2.05) is 36.9 Å². The van der Waals surface area contributed by atoms with Crippen molar-refractivity contribution in [1.82, 2.24) is 4.90 Å². The van der Waals surface area contributed by atoms with Gasteiger partial charge in [-0.1, -0.05) is 6.07 Å². The van der Waals surface area contributed by atoms with E-state index in [0.717, 1.165) is 29.8 Å². The molecule has 2 rings (SSSR count). The molecule has 1 fully saturated rings. The molecule has 1 amide bonds. The highest BCUT2D eigenvalue weighted by Crippen LogP contribution is 2.28. The summed E-state index contributed by atoms with van der Waals surface area (Å²) in [6.07, 6.45) is 3.40. The maximum Gasteiger partial charge on any atom is 0.245 e. The number of nitrogens with one attached hydrogen (secondary N) is 1. The molecule has 1 aliphatic heterocycles. The van der Waals surface area contributed by atoms with E-state index in [1.54, 1.807) is 7.11 Å². The number of likely N-dealkylation sites (tertiary alicyclic amines) is 1. The molecule has 1 saturated heterocycles. The number of hydrogen-bond donors (Lipinski definition) is 1. The molecule has 1 heterocycles. The molecule has 4 heteroatoms. The van der Waals surface area contributed by atoms with E-state index in [9.17, 15) is 4.79 Å². The Hall–Kier alpha value is -1.71. The van der Waals surface area contributed by atoms with Crippen molar-refractivity contribution >= 4 is 11.6 Å². The van der Waals surface area contributed by atoms with Crippen LogP contribution in [0.2, 0.25) is 0 Å². The maximum absolute atomic E-state index is 12.8. The lowest BCUT2D eigenvalue weighted by atomic mass is 9.96. The Balaban J connectivity index is 2.13. The minimum Gasteiger partial charge on any atom is -0.495 e. The number of nitrogens with zero attached hydrogens (tertiary/aromatic N) is 1. The predicted octanol–water partition coefficient (Wildman–Crippen LogP) is 3.59. The zero-order valence-corrected chi connectivity index (χ0v) is 14.3. The molecule has 0 spiro atoms. The van der Waals surface area contributed by atoms with E-state index in [-0.39, 0.29) is 11.9 Å². The first kappa shape index (κ1) is 16.7. The standard InChI is InChI=1S/C18H28N2O2/c1-12-9-10-17(22-5)16(11-12)19-15(4)18(21)20-13(2)7-6-8-14(20)3/h9-11,13-15,19H,6-8H2,1-5H3/t13-,14-,15+/m0/s1. The van der Waals surface area contributed by atoms with Gasteiger partial charge in [-0.05, 0) is 64.7 Å². The third kappa shape index (κ3) is 3.54. The SMILES string of the molecule is COc1ccc(C)cc1N[C@H](C)C(=O)N1[C@@H](C)CCC[C@@H]1C. The third-order valence-electron chi connectivity index (χ3n) is 4.55. The third-order valence-corrected chi connectivity index (χ3v) is 4.55. The molecule has 1 aromatic carbocycles. The van der Waals surface area contributed by atoms with Gasteiger partial charge in [-0.25, -0.2) is 0 Å². The number of anilines is 1. The van der Waals surface area contributed by atoms with Crippen molar-refractivity contribution in [2.75, 3.05) is 12.4 Å². The second-order valence-electron chi connectivity index (χ2n) is 6.44. The lowest BCUT2D eigenvalue weighted by Crippen LogP contribution is -2.52. The molecule has 22 heavy (non-hydrogen) atoms. The van der Waals surface area contributed by atoms with Crippen LogP contribution in [0, 0.1) is 6.92 Å². The summed E-state index contributed by atoms with van der Waals surface area (Å²) in [5, 5.41) is 3.32. The van der Waals surface area contributed by atoms with Crippen molar-refractivity contribution < 1.29 is 9.53 Å². The van der Waals surface area contributed by atoms with Crippen LogP contribution < -0.4 is 10.1 Å². The molecule has 122 valence electrons. The Morgan fingerprint density at radius 3 is 2.55 bits per heavy atom. The minimum absolute atomic E-state index is 0.170. The highest BCUT2D eigenvalue weighted by Gasteiger charge is 2.31. The summed E-state index contributed by atoms with van der Waals surface area (Å²) >= 11 is 0. The molecular formula is C18H28N2O2. The van der Waals surface area contributed by atoms with E-state index < -0.39 is 0 Å². The summed E-state index contributed by atoms with van der Waals surface area (Å²) in [4.78, 5) is 14.9. The smallest absolute Gasteiger partial charge is 0.245 e. The van der Waals surface area contributed by atoms with E-state index in [0.29, 0.717) is 12.1 Å². The van der Waals surface area contributed by atoms with Gasteiger partial charge in [0.2, 0.25) is 5.91 Å². The monoisotopic (exact) mass is 304 g/mol. The van der Waals surface area contributed by atoms with Crippen molar-refractivity contribution in [1.29, 1.82) is 0 Å². The van der Waals surface area contributed by atoms with Crippen LogP contribution in [0.4, 0.5) is 5.69 Å². The van der Waals surface area contributed by atoms with Crippen LogP contribution in [0.15, 0.2) is 18.2 Å². The van der Waals surface area contributed by atoms with Gasteiger partial charge in [0.05, 0.1) is 12.8 Å². The molecule has 0 bridgehead atoms. The normalized spacial score (nSPS) is 23.0. The van der Waals surface area contributed by atoms with E-state index in [2.05, 4.69) is 19.2 Å². The Morgan fingerprint density at radius 1 is 1.32 bits per heavy atom. The molecule has 0 aliphatic carbocycles. The van der Waals surface area contributed by atoms with Crippen molar-refractivity contribution in [3.63, 3.8) is 0 Å². The first-order valence-electron chi connectivity index (χ1n) is 8.17. The fourth-order valence-corrected chi connectivity index (χ4v) is 3.31. The molecule has 1 aromatic rings. The number of methoxy groups -OCH3 is 1. The number of hydrogen-bond acceptors (Lipinski definition) is 3. The van der Waals surface area contributed by atoms with Crippen LogP contribution in [-0.4, -0.2) is 36.0 Å². The van der Waals surface area contributed by atoms with Gasteiger partial charge in [0.15, 0.2) is 0 Å². The number of amides is 1. The first-order valence-corrected chi connectivity index (χ1v) is 8.17. The Labute approximate surface area is 133 Å².